The Bertz CT molecular complexity index is 1500. The molecule has 1 saturated heterocycles. The highest BCUT2D eigenvalue weighted by Gasteiger charge is 2.55. The van der Waals surface area contributed by atoms with E-state index in [2.05, 4.69) is 10.0 Å². The number of ketones is 3. The van der Waals surface area contributed by atoms with Gasteiger partial charge in [0.25, 0.3) is 0 Å². The molecule has 1 heterocycles. The fraction of sp³-hybridized carbons (Fsp3) is 0.423. The van der Waals surface area contributed by atoms with Crippen molar-refractivity contribution < 1.29 is 54.1 Å². The highest BCUT2D eigenvalue weighted by atomic mass is 16.7. The summed E-state index contributed by atoms with van der Waals surface area (Å²) in [6.45, 7) is 2.55. The van der Waals surface area contributed by atoms with Crippen LogP contribution in [0.3, 0.4) is 0 Å². The van der Waals surface area contributed by atoms with E-state index in [9.17, 15) is 39.9 Å². The number of rotatable bonds is 4. The minimum atomic E-state index is -2.29. The van der Waals surface area contributed by atoms with E-state index in [1.165, 1.54) is 25.1 Å². The second kappa shape index (κ2) is 9.64. The van der Waals surface area contributed by atoms with E-state index in [-0.39, 0.29) is 27.8 Å². The van der Waals surface area contributed by atoms with E-state index in [4.69, 9.17) is 19.7 Å². The van der Waals surface area contributed by atoms with E-state index < -0.39 is 82.9 Å². The molecule has 1 fully saturated rings. The molecule has 0 spiro atoms. The first-order chi connectivity index (χ1) is 18.9. The molecular weight excluding hydrogens is 530 g/mol. The topological polar surface area (TPSA) is 229 Å². The van der Waals surface area contributed by atoms with Gasteiger partial charge in [0, 0.05) is 34.3 Å². The molecule has 0 aromatic heterocycles. The van der Waals surface area contributed by atoms with Gasteiger partial charge in [-0.05, 0) is 31.5 Å². The van der Waals surface area contributed by atoms with Crippen molar-refractivity contribution in [3.05, 3.63) is 68.1 Å². The third-order valence-corrected chi connectivity index (χ3v) is 7.67. The van der Waals surface area contributed by atoms with Crippen LogP contribution < -0.4 is 0 Å². The number of carbonyl (C=O) groups is 3. The molecule has 3 aliphatic rings. The van der Waals surface area contributed by atoms with Crippen molar-refractivity contribution in [2.75, 3.05) is 7.11 Å². The fourth-order valence-electron chi connectivity index (χ4n) is 5.60. The molecule has 8 atom stereocenters. The van der Waals surface area contributed by atoms with Gasteiger partial charge in [0.15, 0.2) is 23.5 Å². The Balaban J connectivity index is 1.72. The van der Waals surface area contributed by atoms with Crippen LogP contribution in [0.1, 0.15) is 67.7 Å². The van der Waals surface area contributed by atoms with Crippen molar-refractivity contribution in [2.24, 2.45) is 5.11 Å². The summed E-state index contributed by atoms with van der Waals surface area (Å²) in [5.41, 5.74) is 4.75. The Labute approximate surface area is 226 Å². The molecule has 40 heavy (non-hydrogen) atoms. The number of aliphatic hydroxyl groups is 3. The molecule has 0 radical (unpaired) electrons. The predicted molar refractivity (Wildman–Crippen MR) is 132 cm³/mol. The van der Waals surface area contributed by atoms with E-state index in [1.807, 2.05) is 0 Å². The van der Waals surface area contributed by atoms with Crippen LogP contribution in [0.4, 0.5) is 0 Å². The lowest BCUT2D eigenvalue weighted by atomic mass is 9.72. The number of methoxy groups -OCH3 is 1. The van der Waals surface area contributed by atoms with Gasteiger partial charge >= 0.3 is 0 Å². The minimum absolute atomic E-state index is 0.135. The number of aliphatic hydroxyl groups excluding tert-OH is 2. The van der Waals surface area contributed by atoms with Crippen LogP contribution in [-0.2, 0) is 14.2 Å². The minimum Gasteiger partial charge on any atom is -0.507 e. The Kier molecular flexibility index (Phi) is 6.67. The molecule has 2 aromatic carbocycles. The lowest BCUT2D eigenvalue weighted by Gasteiger charge is -2.46. The van der Waals surface area contributed by atoms with E-state index in [0.717, 1.165) is 20.1 Å². The molecule has 5 N–H and O–H groups in total. The molecule has 14 heteroatoms. The molecule has 0 bridgehead atoms. The third kappa shape index (κ3) is 3.81. The highest BCUT2D eigenvalue weighted by Crippen LogP contribution is 2.49. The van der Waals surface area contributed by atoms with Gasteiger partial charge in [-0.1, -0.05) is 17.2 Å². The fourth-order valence-corrected chi connectivity index (χ4v) is 5.60. The van der Waals surface area contributed by atoms with Crippen LogP contribution in [-0.4, -0.2) is 92.3 Å². The maximum atomic E-state index is 13.5. The van der Waals surface area contributed by atoms with Gasteiger partial charge in [-0.25, -0.2) is 0 Å². The zero-order valence-electron chi connectivity index (χ0n) is 21.4. The van der Waals surface area contributed by atoms with Gasteiger partial charge in [-0.3, -0.25) is 14.4 Å². The molecule has 0 saturated carbocycles. The Morgan fingerprint density at radius 3 is 2.40 bits per heavy atom. The summed E-state index contributed by atoms with van der Waals surface area (Å²) in [5, 5.41) is 57.2. The molecule has 210 valence electrons. The second-order valence-electron chi connectivity index (χ2n) is 10.0. The maximum Gasteiger partial charge on any atom is 0.201 e. The number of hydrogen-bond donors (Lipinski definition) is 5. The number of fused-ring (bicyclic) bond motifs is 3. The lowest BCUT2D eigenvalue weighted by molar-refractivity contribution is -0.286. The van der Waals surface area contributed by atoms with Gasteiger partial charge < -0.3 is 39.7 Å². The number of phenols is 2. The van der Waals surface area contributed by atoms with Gasteiger partial charge in [0.2, 0.25) is 5.78 Å². The number of carbonyl (C=O) groups excluding carboxylic acids is 3. The smallest absolute Gasteiger partial charge is 0.201 e. The Morgan fingerprint density at radius 2 is 1.75 bits per heavy atom. The van der Waals surface area contributed by atoms with Crippen molar-refractivity contribution in [2.45, 2.75) is 62.3 Å². The first-order valence-corrected chi connectivity index (χ1v) is 12.2. The summed E-state index contributed by atoms with van der Waals surface area (Å²) in [6.07, 6.45) is -8.82. The van der Waals surface area contributed by atoms with Gasteiger partial charge in [-0.15, -0.1) is 0 Å². The van der Waals surface area contributed by atoms with Crippen molar-refractivity contribution >= 4 is 17.3 Å². The molecular formula is C26H25N3O11. The number of benzene rings is 2. The van der Waals surface area contributed by atoms with Gasteiger partial charge in [-0.2, -0.15) is 0 Å². The molecule has 0 amide bonds. The average Bonchev–Trinajstić information content (AvgIpc) is 2.90. The summed E-state index contributed by atoms with van der Waals surface area (Å²) in [5.74, 6) is -3.92. The van der Waals surface area contributed by atoms with E-state index in [0.29, 0.717) is 0 Å². The number of hydrogen-bond acceptors (Lipinski definition) is 12. The normalized spacial score (nSPS) is 33.0. The van der Waals surface area contributed by atoms with Crippen molar-refractivity contribution in [1.82, 2.24) is 0 Å². The standard InChI is InChI=1S/C26H25N3O11/c1-8-17(31)21(35)16(28-29-27)25(39-8)40-22-15-11(23(36)26(2,37)24(22)38-3)7-10-14(20(15)34)19(33)13-9(18(10)32)5-4-6-12(13)30/h4-8,16-17,21-22,24-25,30-31,34-35,37H,1-3H3/t8-,16+,17-,21-,22+,24-,25-,26+/m0/s1. The third-order valence-electron chi connectivity index (χ3n) is 7.67. The second-order valence-corrected chi connectivity index (χ2v) is 10.0. The lowest BCUT2D eigenvalue weighted by Crippen LogP contribution is -2.59. The van der Waals surface area contributed by atoms with Crippen LogP contribution in [0.25, 0.3) is 10.4 Å². The predicted octanol–water partition coefficient (Wildman–Crippen LogP) is 1.04. The summed E-state index contributed by atoms with van der Waals surface area (Å²) in [4.78, 5) is 42.9. The zero-order chi connectivity index (χ0) is 29.3. The van der Waals surface area contributed by atoms with Crippen LogP contribution >= 0.6 is 0 Å². The number of azide groups is 1. The number of aromatic hydroxyl groups is 2. The molecule has 2 aliphatic carbocycles. The molecule has 2 aromatic rings. The van der Waals surface area contributed by atoms with Crippen molar-refractivity contribution in [1.29, 1.82) is 0 Å². The van der Waals surface area contributed by atoms with Crippen LogP contribution in [0.2, 0.25) is 0 Å². The monoisotopic (exact) mass is 555 g/mol. The van der Waals surface area contributed by atoms with Gasteiger partial charge in [0.05, 0.1) is 23.3 Å². The first-order valence-electron chi connectivity index (χ1n) is 12.2. The molecule has 0 unspecified atom stereocenters. The average molecular weight is 555 g/mol. The Hall–Kier alpha value is -3.88. The Morgan fingerprint density at radius 1 is 1.05 bits per heavy atom. The van der Waals surface area contributed by atoms with E-state index in [1.54, 1.807) is 0 Å². The highest BCUT2D eigenvalue weighted by molar-refractivity contribution is 6.31. The van der Waals surface area contributed by atoms with Crippen LogP contribution in [0, 0.1) is 0 Å². The largest absolute Gasteiger partial charge is 0.507 e. The molecule has 14 nitrogen and oxygen atoms in total. The summed E-state index contributed by atoms with van der Waals surface area (Å²) >= 11 is 0. The molecule has 1 aliphatic heterocycles. The maximum absolute atomic E-state index is 13.5. The van der Waals surface area contributed by atoms with Crippen molar-refractivity contribution in [3.8, 4) is 11.5 Å². The summed E-state index contributed by atoms with van der Waals surface area (Å²) < 4.78 is 17.1. The summed E-state index contributed by atoms with van der Waals surface area (Å²) in [6, 6.07) is 3.44. The van der Waals surface area contributed by atoms with E-state index >= 15 is 0 Å². The number of ether oxygens (including phenoxy) is 3. The number of nitrogens with zero attached hydrogens (tertiary/aromatic N) is 3. The van der Waals surface area contributed by atoms with Gasteiger partial charge in [0.1, 0.15) is 35.9 Å². The van der Waals surface area contributed by atoms with Crippen molar-refractivity contribution in [3.63, 3.8) is 0 Å². The number of Topliss-reactive ketones (excluding diaryl/α,β-unsaturated/α-hetero) is 1. The van der Waals surface area contributed by atoms with Crippen LogP contribution in [0.15, 0.2) is 29.4 Å². The summed E-state index contributed by atoms with van der Waals surface area (Å²) in [7, 11) is 1.15. The van der Waals surface area contributed by atoms with Crippen LogP contribution in [0.5, 0.6) is 11.5 Å². The molecule has 5 rings (SSSR count). The SMILES string of the molecule is CO[C@H]1[C@H](O[C@@H]2O[C@@H](C)[C@H](O)[C@@H](O)[C@H]2N=[N+]=[N-])c2c(cc3c(c2O)C(=O)c2c(O)cccc2C3=O)C(=O)[C@@]1(C)O. The zero-order valence-corrected chi connectivity index (χ0v) is 21.4. The number of phenolic OH excluding ortho intramolecular Hbond substituents is 2. The first kappa shape index (κ1) is 27.7. The quantitative estimate of drug-likeness (QED) is 0.173.